The lowest BCUT2D eigenvalue weighted by molar-refractivity contribution is 0.158. The molecule has 2 aliphatic rings. The molecule has 0 aromatic carbocycles. The summed E-state index contributed by atoms with van der Waals surface area (Å²) in [5.41, 5.74) is 0. The van der Waals surface area contributed by atoms with Gasteiger partial charge >= 0.3 is 6.03 Å². The minimum Gasteiger partial charge on any atom is -0.338 e. The molecular weight excluding hydrogens is 226 g/mol. The van der Waals surface area contributed by atoms with Crippen molar-refractivity contribution in [2.24, 2.45) is 0 Å². The molecule has 0 aromatic rings. The maximum absolute atomic E-state index is 11.8. The predicted octanol–water partition coefficient (Wildman–Crippen LogP) is 2.06. The highest BCUT2D eigenvalue weighted by Gasteiger charge is 2.19. The number of carbonyl (C=O) groups excluding carboxylic acids is 1. The fraction of sp³-hybridized carbons (Fsp3) is 0.929. The van der Waals surface area contributed by atoms with Crippen molar-refractivity contribution in [1.82, 2.24) is 15.1 Å². The number of hydrogen-bond acceptors (Lipinski definition) is 2. The van der Waals surface area contributed by atoms with Gasteiger partial charge in [0.2, 0.25) is 0 Å². The molecule has 18 heavy (non-hydrogen) atoms. The Morgan fingerprint density at radius 1 is 1.17 bits per heavy atom. The molecule has 0 bridgehead atoms. The fourth-order valence-electron chi connectivity index (χ4n) is 3.00. The Hall–Kier alpha value is -0.770. The van der Waals surface area contributed by atoms with E-state index >= 15 is 0 Å². The maximum atomic E-state index is 11.8. The number of carbonyl (C=O) groups is 1. The molecule has 0 spiro atoms. The number of hydrogen-bond donors (Lipinski definition) is 1. The highest BCUT2D eigenvalue weighted by Crippen LogP contribution is 2.16. The van der Waals surface area contributed by atoms with E-state index in [-0.39, 0.29) is 6.03 Å². The average molecular weight is 253 g/mol. The quantitative estimate of drug-likeness (QED) is 0.778. The normalized spacial score (nSPS) is 25.4. The van der Waals surface area contributed by atoms with Gasteiger partial charge in [0.1, 0.15) is 0 Å². The van der Waals surface area contributed by atoms with Crippen molar-refractivity contribution in [3.8, 4) is 0 Å². The van der Waals surface area contributed by atoms with Crippen molar-refractivity contribution in [2.75, 3.05) is 32.7 Å². The molecule has 1 N–H and O–H groups in total. The number of nitrogens with one attached hydrogen (secondary N) is 1. The van der Waals surface area contributed by atoms with Gasteiger partial charge in [0, 0.05) is 32.2 Å². The van der Waals surface area contributed by atoms with Crippen LogP contribution in [0, 0.1) is 0 Å². The number of amides is 2. The van der Waals surface area contributed by atoms with E-state index < -0.39 is 0 Å². The predicted molar refractivity (Wildman–Crippen MR) is 73.7 cm³/mol. The first-order chi connectivity index (χ1) is 8.77. The van der Waals surface area contributed by atoms with E-state index in [0.717, 1.165) is 38.6 Å². The van der Waals surface area contributed by atoms with Gasteiger partial charge in [0.25, 0.3) is 0 Å². The van der Waals surface area contributed by atoms with Gasteiger partial charge in [-0.15, -0.1) is 0 Å². The smallest absolute Gasteiger partial charge is 0.317 e. The summed E-state index contributed by atoms with van der Waals surface area (Å²) in [7, 11) is 0. The molecule has 104 valence electrons. The molecule has 2 aliphatic heterocycles. The first-order valence-electron chi connectivity index (χ1n) is 7.54. The Morgan fingerprint density at radius 3 is 2.61 bits per heavy atom. The second-order valence-electron chi connectivity index (χ2n) is 5.66. The third-order valence-corrected chi connectivity index (χ3v) is 4.23. The number of piperidine rings is 1. The lowest BCUT2D eigenvalue weighted by Gasteiger charge is -2.33. The van der Waals surface area contributed by atoms with E-state index in [1.165, 1.54) is 38.6 Å². The minimum atomic E-state index is 0.138. The Balaban J connectivity index is 1.56. The van der Waals surface area contributed by atoms with Crippen LogP contribution in [-0.4, -0.2) is 54.6 Å². The average Bonchev–Trinajstić information content (AvgIpc) is 2.90. The molecular formula is C14H27N3O. The second kappa shape index (κ2) is 6.98. The summed E-state index contributed by atoms with van der Waals surface area (Å²) in [6, 6.07) is 0.868. The number of rotatable bonds is 4. The minimum absolute atomic E-state index is 0.138. The highest BCUT2D eigenvalue weighted by atomic mass is 16.2. The molecule has 2 heterocycles. The Bertz CT molecular complexity index is 264. The summed E-state index contributed by atoms with van der Waals surface area (Å²) < 4.78 is 0. The van der Waals surface area contributed by atoms with Crippen LogP contribution in [0.1, 0.15) is 45.4 Å². The molecule has 2 fully saturated rings. The van der Waals surface area contributed by atoms with Crippen LogP contribution in [-0.2, 0) is 0 Å². The molecule has 0 saturated carbocycles. The topological polar surface area (TPSA) is 35.6 Å². The van der Waals surface area contributed by atoms with E-state index in [0.29, 0.717) is 0 Å². The molecule has 2 saturated heterocycles. The molecule has 1 unspecified atom stereocenters. The van der Waals surface area contributed by atoms with Crippen molar-refractivity contribution in [3.63, 3.8) is 0 Å². The van der Waals surface area contributed by atoms with Crippen LogP contribution in [0.4, 0.5) is 4.79 Å². The van der Waals surface area contributed by atoms with E-state index in [4.69, 9.17) is 0 Å². The first-order valence-corrected chi connectivity index (χ1v) is 7.54. The van der Waals surface area contributed by atoms with Gasteiger partial charge in [0.15, 0.2) is 0 Å². The van der Waals surface area contributed by atoms with E-state index in [2.05, 4.69) is 17.1 Å². The molecule has 0 aliphatic carbocycles. The lowest BCUT2D eigenvalue weighted by Crippen LogP contribution is -2.41. The zero-order chi connectivity index (χ0) is 12.8. The van der Waals surface area contributed by atoms with Gasteiger partial charge in [-0.2, -0.15) is 0 Å². The van der Waals surface area contributed by atoms with Gasteiger partial charge in [-0.05, 0) is 45.6 Å². The van der Waals surface area contributed by atoms with Gasteiger partial charge < -0.3 is 15.1 Å². The lowest BCUT2D eigenvalue weighted by atomic mass is 10.0. The third kappa shape index (κ3) is 3.87. The van der Waals surface area contributed by atoms with Crippen LogP contribution in [0.5, 0.6) is 0 Å². The summed E-state index contributed by atoms with van der Waals surface area (Å²) in [5.74, 6) is 0. The summed E-state index contributed by atoms with van der Waals surface area (Å²) in [6.07, 6.45) is 7.45. The standard InChI is InChI=1S/C14H27N3O/c1-13-7-2-3-9-16(13)12-6-8-15-14(18)17-10-4-5-11-17/h13H,2-12H2,1H3,(H,15,18). The van der Waals surface area contributed by atoms with E-state index in [1.54, 1.807) is 0 Å². The highest BCUT2D eigenvalue weighted by molar-refractivity contribution is 5.74. The summed E-state index contributed by atoms with van der Waals surface area (Å²) in [6.45, 7) is 7.38. The molecule has 4 nitrogen and oxygen atoms in total. The van der Waals surface area contributed by atoms with Gasteiger partial charge in [-0.1, -0.05) is 6.42 Å². The second-order valence-corrected chi connectivity index (χ2v) is 5.66. The first kappa shape index (κ1) is 13.7. The van der Waals surface area contributed by atoms with E-state index in [9.17, 15) is 4.79 Å². The third-order valence-electron chi connectivity index (χ3n) is 4.23. The summed E-state index contributed by atoms with van der Waals surface area (Å²) in [5, 5.41) is 3.04. The van der Waals surface area contributed by atoms with Crippen molar-refractivity contribution < 1.29 is 4.79 Å². The molecule has 0 aromatic heterocycles. The fourth-order valence-corrected chi connectivity index (χ4v) is 3.00. The van der Waals surface area contributed by atoms with Crippen molar-refractivity contribution >= 4 is 6.03 Å². The van der Waals surface area contributed by atoms with Crippen LogP contribution in [0.3, 0.4) is 0 Å². The summed E-state index contributed by atoms with van der Waals surface area (Å²) >= 11 is 0. The number of urea groups is 1. The van der Waals surface area contributed by atoms with Crippen molar-refractivity contribution in [2.45, 2.75) is 51.5 Å². The molecule has 1 atom stereocenters. The molecule has 2 rings (SSSR count). The Morgan fingerprint density at radius 2 is 1.89 bits per heavy atom. The zero-order valence-corrected chi connectivity index (χ0v) is 11.7. The molecule has 0 radical (unpaired) electrons. The number of likely N-dealkylation sites (tertiary alicyclic amines) is 2. The monoisotopic (exact) mass is 253 g/mol. The zero-order valence-electron chi connectivity index (χ0n) is 11.7. The van der Waals surface area contributed by atoms with Gasteiger partial charge in [-0.25, -0.2) is 4.79 Å². The van der Waals surface area contributed by atoms with Gasteiger partial charge in [-0.3, -0.25) is 0 Å². The van der Waals surface area contributed by atoms with Crippen LogP contribution in [0.15, 0.2) is 0 Å². The largest absolute Gasteiger partial charge is 0.338 e. The summed E-state index contributed by atoms with van der Waals surface area (Å²) in [4.78, 5) is 16.3. The van der Waals surface area contributed by atoms with Crippen molar-refractivity contribution in [1.29, 1.82) is 0 Å². The Kier molecular flexibility index (Phi) is 5.29. The SMILES string of the molecule is CC1CCCCN1CCCNC(=O)N1CCCC1. The van der Waals surface area contributed by atoms with E-state index in [1.807, 2.05) is 4.90 Å². The van der Waals surface area contributed by atoms with Crippen LogP contribution in [0.25, 0.3) is 0 Å². The van der Waals surface area contributed by atoms with Crippen LogP contribution >= 0.6 is 0 Å². The van der Waals surface area contributed by atoms with Gasteiger partial charge in [0.05, 0.1) is 0 Å². The molecule has 2 amide bonds. The van der Waals surface area contributed by atoms with Crippen molar-refractivity contribution in [3.05, 3.63) is 0 Å². The molecule has 4 heteroatoms. The van der Waals surface area contributed by atoms with Crippen LogP contribution < -0.4 is 5.32 Å². The van der Waals surface area contributed by atoms with Crippen LogP contribution in [0.2, 0.25) is 0 Å². The number of nitrogens with zero attached hydrogens (tertiary/aromatic N) is 2. The Labute approximate surface area is 111 Å². The maximum Gasteiger partial charge on any atom is 0.317 e.